The van der Waals surface area contributed by atoms with Gasteiger partial charge in [-0.15, -0.1) is 24.8 Å². The van der Waals surface area contributed by atoms with E-state index in [4.69, 9.17) is 12.2 Å². The Kier molecular flexibility index (Phi) is 6.34. The summed E-state index contributed by atoms with van der Waals surface area (Å²) in [6, 6.07) is -0.954. The van der Waals surface area contributed by atoms with Crippen LogP contribution in [0.3, 0.4) is 0 Å². The molecule has 5 heteroatoms. The van der Waals surface area contributed by atoms with Crippen LogP contribution in [0, 0.1) is 12.3 Å². The summed E-state index contributed by atoms with van der Waals surface area (Å²) in [6.07, 6.45) is -0.478. The van der Waals surface area contributed by atoms with Crippen LogP contribution in [0.25, 0.3) is 0 Å². The summed E-state index contributed by atoms with van der Waals surface area (Å²) in [5, 5.41) is 0. The zero-order valence-electron chi connectivity index (χ0n) is 5.69. The fourth-order valence-corrected chi connectivity index (χ4v) is 0.521. The maximum absolute atomic E-state index is 11.5. The Labute approximate surface area is 69.6 Å². The predicted molar refractivity (Wildman–Crippen MR) is 39.3 cm³/mol. The molecule has 0 aromatic heterocycles. The van der Waals surface area contributed by atoms with Crippen molar-refractivity contribution in [2.45, 2.75) is 25.1 Å². The Morgan fingerprint density at radius 3 is 2.18 bits per heavy atom. The van der Waals surface area contributed by atoms with Crippen molar-refractivity contribution >= 4 is 12.4 Å². The van der Waals surface area contributed by atoms with E-state index in [1.54, 1.807) is 0 Å². The van der Waals surface area contributed by atoms with E-state index in [0.29, 0.717) is 0 Å². The maximum atomic E-state index is 11.5. The zero-order chi connectivity index (χ0) is 8.20. The molecule has 0 heterocycles. The second-order valence-corrected chi connectivity index (χ2v) is 1.99. The average molecular weight is 188 g/mol. The quantitative estimate of drug-likeness (QED) is 0.655. The summed E-state index contributed by atoms with van der Waals surface area (Å²) in [7, 11) is 0. The van der Waals surface area contributed by atoms with Gasteiger partial charge in [-0.2, -0.15) is 13.2 Å². The van der Waals surface area contributed by atoms with E-state index >= 15 is 0 Å². The number of nitrogens with two attached hydrogens (primary N) is 1. The molecule has 66 valence electrons. The molecule has 0 aliphatic carbocycles. The summed E-state index contributed by atoms with van der Waals surface area (Å²) < 4.78 is 34.4. The molecular weight excluding hydrogens is 179 g/mol. The van der Waals surface area contributed by atoms with Crippen molar-refractivity contribution in [3.63, 3.8) is 0 Å². The van der Waals surface area contributed by atoms with Crippen molar-refractivity contribution in [2.75, 3.05) is 0 Å². The predicted octanol–water partition coefficient (Wildman–Crippen LogP) is 1.71. The van der Waals surface area contributed by atoms with Gasteiger partial charge < -0.3 is 5.73 Å². The highest BCUT2D eigenvalue weighted by Gasteiger charge is 2.29. The van der Waals surface area contributed by atoms with Crippen LogP contribution >= 0.6 is 12.4 Å². The Bertz CT molecular complexity index is 138. The van der Waals surface area contributed by atoms with Crippen LogP contribution in [0.15, 0.2) is 0 Å². The van der Waals surface area contributed by atoms with Gasteiger partial charge in [0.05, 0.1) is 6.42 Å². The number of alkyl halides is 3. The molecule has 1 nitrogen and oxygen atoms in total. The number of hydrogen-bond donors (Lipinski definition) is 1. The van der Waals surface area contributed by atoms with Gasteiger partial charge in [0.2, 0.25) is 0 Å². The fraction of sp³-hybridized carbons (Fsp3) is 0.667. The van der Waals surface area contributed by atoms with E-state index in [9.17, 15) is 13.2 Å². The molecule has 0 saturated carbocycles. The highest BCUT2D eigenvalue weighted by atomic mass is 35.5. The van der Waals surface area contributed by atoms with Gasteiger partial charge in [-0.3, -0.25) is 0 Å². The second-order valence-electron chi connectivity index (χ2n) is 1.99. The number of hydrogen-bond acceptors (Lipinski definition) is 1. The standard InChI is InChI=1S/C6H8F3N.ClH/c1-2-3-5(10)4-6(7,8)9;/h1,5H,3-4,10H2;1H. The van der Waals surface area contributed by atoms with Gasteiger partial charge in [-0.25, -0.2) is 0 Å². The van der Waals surface area contributed by atoms with Crippen molar-refractivity contribution in [1.29, 1.82) is 0 Å². The summed E-state index contributed by atoms with van der Waals surface area (Å²) in [5.74, 6) is 2.07. The fourth-order valence-electron chi connectivity index (χ4n) is 0.521. The average Bonchev–Trinajstić information content (AvgIpc) is 1.59. The topological polar surface area (TPSA) is 26.0 Å². The molecule has 2 N–H and O–H groups in total. The minimum Gasteiger partial charge on any atom is -0.327 e. The lowest BCUT2D eigenvalue weighted by atomic mass is 10.1. The molecule has 0 aromatic rings. The Hall–Kier alpha value is -0.400. The molecule has 0 saturated heterocycles. The van der Waals surface area contributed by atoms with Crippen molar-refractivity contribution < 1.29 is 13.2 Å². The molecule has 1 atom stereocenters. The van der Waals surface area contributed by atoms with Gasteiger partial charge in [0.1, 0.15) is 0 Å². The third-order valence-corrected chi connectivity index (χ3v) is 0.874. The van der Waals surface area contributed by atoms with Gasteiger partial charge in [-0.05, 0) is 0 Å². The van der Waals surface area contributed by atoms with Gasteiger partial charge in [0, 0.05) is 12.5 Å². The molecule has 0 aliphatic heterocycles. The van der Waals surface area contributed by atoms with Crippen molar-refractivity contribution in [3.05, 3.63) is 0 Å². The van der Waals surface area contributed by atoms with Crippen LogP contribution in [-0.4, -0.2) is 12.2 Å². The number of halogens is 4. The minimum absolute atomic E-state index is 0. The molecule has 0 fully saturated rings. The first-order valence-corrected chi connectivity index (χ1v) is 2.71. The molecule has 0 bridgehead atoms. The summed E-state index contributed by atoms with van der Waals surface area (Å²) in [4.78, 5) is 0. The van der Waals surface area contributed by atoms with Crippen molar-refractivity contribution in [2.24, 2.45) is 5.73 Å². The largest absolute Gasteiger partial charge is 0.390 e. The van der Waals surface area contributed by atoms with E-state index in [0.717, 1.165) is 0 Å². The van der Waals surface area contributed by atoms with Gasteiger partial charge in [0.25, 0.3) is 0 Å². The lowest BCUT2D eigenvalue weighted by Gasteiger charge is -2.10. The first-order chi connectivity index (χ1) is 4.45. The van der Waals surface area contributed by atoms with E-state index < -0.39 is 18.6 Å². The maximum Gasteiger partial charge on any atom is 0.390 e. The van der Waals surface area contributed by atoms with Crippen LogP contribution in [0.1, 0.15) is 12.8 Å². The van der Waals surface area contributed by atoms with E-state index in [1.165, 1.54) is 0 Å². The Morgan fingerprint density at radius 2 is 1.91 bits per heavy atom. The van der Waals surface area contributed by atoms with Crippen LogP contribution in [0.2, 0.25) is 0 Å². The van der Waals surface area contributed by atoms with Crippen LogP contribution in [-0.2, 0) is 0 Å². The highest BCUT2D eigenvalue weighted by Crippen LogP contribution is 2.21. The van der Waals surface area contributed by atoms with Crippen LogP contribution in [0.4, 0.5) is 13.2 Å². The van der Waals surface area contributed by atoms with Crippen LogP contribution < -0.4 is 5.73 Å². The summed E-state index contributed by atoms with van der Waals surface area (Å²) >= 11 is 0. The minimum atomic E-state index is -4.20. The molecule has 0 aliphatic rings. The van der Waals surface area contributed by atoms with Gasteiger partial charge in [0.15, 0.2) is 0 Å². The Morgan fingerprint density at radius 1 is 1.45 bits per heavy atom. The SMILES string of the molecule is C#CCC(N)CC(F)(F)F.Cl. The molecule has 0 spiro atoms. The first kappa shape index (κ1) is 13.2. The molecule has 0 rings (SSSR count). The number of terminal acetylenes is 1. The molecule has 11 heavy (non-hydrogen) atoms. The van der Waals surface area contributed by atoms with Gasteiger partial charge >= 0.3 is 6.18 Å². The monoisotopic (exact) mass is 187 g/mol. The highest BCUT2D eigenvalue weighted by molar-refractivity contribution is 5.85. The van der Waals surface area contributed by atoms with E-state index in [1.807, 2.05) is 0 Å². The smallest absolute Gasteiger partial charge is 0.327 e. The molecule has 0 radical (unpaired) electrons. The van der Waals surface area contributed by atoms with E-state index in [-0.39, 0.29) is 18.8 Å². The molecule has 0 aromatic carbocycles. The third kappa shape index (κ3) is 9.60. The lowest BCUT2D eigenvalue weighted by Crippen LogP contribution is -2.26. The van der Waals surface area contributed by atoms with Crippen molar-refractivity contribution in [3.8, 4) is 12.3 Å². The summed E-state index contributed by atoms with van der Waals surface area (Å²) in [5.41, 5.74) is 5.01. The molecule has 0 amide bonds. The van der Waals surface area contributed by atoms with Crippen LogP contribution in [0.5, 0.6) is 0 Å². The lowest BCUT2D eigenvalue weighted by molar-refractivity contribution is -0.137. The van der Waals surface area contributed by atoms with Gasteiger partial charge in [-0.1, -0.05) is 0 Å². The second kappa shape index (κ2) is 5.28. The molecular formula is C6H9ClF3N. The Balaban J connectivity index is 0. The van der Waals surface area contributed by atoms with Crippen molar-refractivity contribution in [1.82, 2.24) is 0 Å². The zero-order valence-corrected chi connectivity index (χ0v) is 6.50. The normalized spacial score (nSPS) is 13.0. The third-order valence-electron chi connectivity index (χ3n) is 0.874. The molecule has 1 unspecified atom stereocenters. The number of rotatable bonds is 2. The summed E-state index contributed by atoms with van der Waals surface area (Å²) in [6.45, 7) is 0. The van der Waals surface area contributed by atoms with E-state index in [2.05, 4.69) is 5.92 Å². The first-order valence-electron chi connectivity index (χ1n) is 2.71.